The lowest BCUT2D eigenvalue weighted by Crippen LogP contribution is -2.15. The van der Waals surface area contributed by atoms with Gasteiger partial charge in [-0.3, -0.25) is 14.9 Å². The first-order valence-electron chi connectivity index (χ1n) is 7.01. The van der Waals surface area contributed by atoms with Crippen molar-refractivity contribution in [3.63, 3.8) is 0 Å². The number of anilines is 3. The summed E-state index contributed by atoms with van der Waals surface area (Å²) in [4.78, 5) is 27.8. The smallest absolute Gasteiger partial charge is 0.288 e. The van der Waals surface area contributed by atoms with Crippen LogP contribution in [0.5, 0.6) is 0 Å². The van der Waals surface area contributed by atoms with E-state index in [2.05, 4.69) is 15.2 Å². The predicted molar refractivity (Wildman–Crippen MR) is 86.1 cm³/mol. The molecular weight excluding hydrogens is 298 g/mol. The number of aromatic nitrogens is 1. The summed E-state index contributed by atoms with van der Waals surface area (Å²) in [6, 6.07) is 6.97. The Balaban J connectivity index is 1.95. The third kappa shape index (κ3) is 2.78. The quantitative estimate of drug-likeness (QED) is 0.657. The van der Waals surface area contributed by atoms with Crippen molar-refractivity contribution in [3.05, 3.63) is 51.7 Å². The van der Waals surface area contributed by atoms with Gasteiger partial charge in [0.25, 0.3) is 11.6 Å². The maximum absolute atomic E-state index is 11.5. The molecule has 0 unspecified atom stereocenters. The van der Waals surface area contributed by atoms with Crippen molar-refractivity contribution >= 4 is 28.8 Å². The number of carbonyl (C=O) groups excluding carboxylic acids is 1. The SMILES string of the molecule is CN1CCc2ccc(Nc3ncc([N+](=O)[O-])cc3C(N)=O)cc21. The van der Waals surface area contributed by atoms with Crippen molar-refractivity contribution in [1.82, 2.24) is 4.98 Å². The minimum Gasteiger partial charge on any atom is -0.374 e. The number of nitrogens with zero attached hydrogens (tertiary/aromatic N) is 3. The van der Waals surface area contributed by atoms with Gasteiger partial charge in [0, 0.05) is 31.0 Å². The molecule has 8 nitrogen and oxygen atoms in total. The second-order valence-electron chi connectivity index (χ2n) is 5.35. The maximum Gasteiger partial charge on any atom is 0.288 e. The number of fused-ring (bicyclic) bond motifs is 1. The summed E-state index contributed by atoms with van der Waals surface area (Å²) in [6.07, 6.45) is 2.09. The molecule has 1 aromatic heterocycles. The minimum atomic E-state index is -0.776. The number of carbonyl (C=O) groups is 1. The van der Waals surface area contributed by atoms with E-state index in [1.807, 2.05) is 25.2 Å². The molecule has 0 atom stereocenters. The van der Waals surface area contributed by atoms with Crippen LogP contribution in [-0.2, 0) is 6.42 Å². The number of hydrogen-bond acceptors (Lipinski definition) is 6. The molecule has 2 heterocycles. The van der Waals surface area contributed by atoms with E-state index in [1.165, 1.54) is 5.56 Å². The molecule has 0 saturated carbocycles. The Morgan fingerprint density at radius 2 is 2.22 bits per heavy atom. The first-order valence-corrected chi connectivity index (χ1v) is 7.01. The summed E-state index contributed by atoms with van der Waals surface area (Å²) in [5.41, 5.74) is 8.10. The average molecular weight is 313 g/mol. The second kappa shape index (κ2) is 5.56. The van der Waals surface area contributed by atoms with Crippen LogP contribution < -0.4 is 16.0 Å². The third-order valence-electron chi connectivity index (χ3n) is 3.83. The molecule has 1 aromatic carbocycles. The van der Waals surface area contributed by atoms with Crippen molar-refractivity contribution in [2.45, 2.75) is 6.42 Å². The van der Waals surface area contributed by atoms with Crippen molar-refractivity contribution in [2.24, 2.45) is 5.73 Å². The van der Waals surface area contributed by atoms with E-state index in [-0.39, 0.29) is 17.1 Å². The Labute approximate surface area is 132 Å². The lowest BCUT2D eigenvalue weighted by Gasteiger charge is -2.14. The zero-order valence-electron chi connectivity index (χ0n) is 12.4. The molecule has 0 bridgehead atoms. The van der Waals surface area contributed by atoms with Gasteiger partial charge in [-0.2, -0.15) is 0 Å². The molecule has 8 heteroatoms. The largest absolute Gasteiger partial charge is 0.374 e. The Morgan fingerprint density at radius 3 is 2.91 bits per heavy atom. The van der Waals surface area contributed by atoms with Gasteiger partial charge in [-0.1, -0.05) is 6.07 Å². The maximum atomic E-state index is 11.5. The van der Waals surface area contributed by atoms with Crippen LogP contribution in [0, 0.1) is 10.1 Å². The van der Waals surface area contributed by atoms with Crippen LogP contribution in [0.25, 0.3) is 0 Å². The van der Waals surface area contributed by atoms with Gasteiger partial charge < -0.3 is 16.0 Å². The molecule has 0 aliphatic carbocycles. The van der Waals surface area contributed by atoms with Crippen molar-refractivity contribution in [1.29, 1.82) is 0 Å². The summed E-state index contributed by atoms with van der Waals surface area (Å²) in [5, 5.41) is 13.8. The van der Waals surface area contributed by atoms with E-state index in [4.69, 9.17) is 5.73 Å². The number of nitrogens with two attached hydrogens (primary N) is 1. The number of likely N-dealkylation sites (N-methyl/N-ethyl adjacent to an activating group) is 1. The monoisotopic (exact) mass is 313 g/mol. The molecule has 1 aliphatic heterocycles. The number of benzene rings is 1. The highest BCUT2D eigenvalue weighted by Gasteiger charge is 2.18. The van der Waals surface area contributed by atoms with Crippen LogP contribution in [0.1, 0.15) is 15.9 Å². The number of nitro groups is 1. The molecule has 0 fully saturated rings. The molecular formula is C15H15N5O3. The van der Waals surface area contributed by atoms with Gasteiger partial charge in [-0.05, 0) is 24.1 Å². The second-order valence-corrected chi connectivity index (χ2v) is 5.35. The number of nitrogens with one attached hydrogen (secondary N) is 1. The topological polar surface area (TPSA) is 114 Å². The van der Waals surface area contributed by atoms with Crippen LogP contribution in [0.15, 0.2) is 30.5 Å². The van der Waals surface area contributed by atoms with E-state index in [1.54, 1.807) is 0 Å². The standard InChI is InChI=1S/C15H15N5O3/c1-19-5-4-9-2-3-10(6-13(9)19)18-15-12(14(16)21)7-11(8-17-15)20(22)23/h2-3,6-8H,4-5H2,1H3,(H2,16,21)(H,17,18). The number of amides is 1. The molecule has 2 aromatic rings. The minimum absolute atomic E-state index is 0.0203. The Hall–Kier alpha value is -3.16. The normalized spacial score (nSPS) is 12.8. The summed E-state index contributed by atoms with van der Waals surface area (Å²) in [5.74, 6) is -0.578. The summed E-state index contributed by atoms with van der Waals surface area (Å²) >= 11 is 0. The Bertz CT molecular complexity index is 806. The highest BCUT2D eigenvalue weighted by molar-refractivity contribution is 5.98. The number of rotatable bonds is 4. The van der Waals surface area contributed by atoms with E-state index < -0.39 is 10.8 Å². The number of hydrogen-bond donors (Lipinski definition) is 2. The zero-order chi connectivity index (χ0) is 16.6. The fourth-order valence-electron chi connectivity index (χ4n) is 2.59. The molecule has 0 radical (unpaired) electrons. The first-order chi connectivity index (χ1) is 11.0. The molecule has 3 rings (SSSR count). The number of pyridine rings is 1. The predicted octanol–water partition coefficient (Wildman–Crippen LogP) is 1.82. The van der Waals surface area contributed by atoms with Crippen LogP contribution >= 0.6 is 0 Å². The van der Waals surface area contributed by atoms with E-state index in [0.717, 1.165) is 36.6 Å². The van der Waals surface area contributed by atoms with Crippen molar-refractivity contribution in [3.8, 4) is 0 Å². The molecule has 0 spiro atoms. The van der Waals surface area contributed by atoms with Crippen molar-refractivity contribution in [2.75, 3.05) is 23.8 Å². The van der Waals surface area contributed by atoms with Crippen LogP contribution in [0.2, 0.25) is 0 Å². The van der Waals surface area contributed by atoms with E-state index in [9.17, 15) is 14.9 Å². The molecule has 118 valence electrons. The van der Waals surface area contributed by atoms with Gasteiger partial charge in [0.1, 0.15) is 12.0 Å². The van der Waals surface area contributed by atoms with Crippen LogP contribution in [0.4, 0.5) is 22.9 Å². The van der Waals surface area contributed by atoms with Gasteiger partial charge in [0.15, 0.2) is 0 Å². The van der Waals surface area contributed by atoms with Crippen LogP contribution in [-0.4, -0.2) is 29.4 Å². The van der Waals surface area contributed by atoms with Gasteiger partial charge >= 0.3 is 0 Å². The van der Waals surface area contributed by atoms with Gasteiger partial charge in [0.2, 0.25) is 0 Å². The lowest BCUT2D eigenvalue weighted by atomic mass is 10.1. The van der Waals surface area contributed by atoms with E-state index in [0.29, 0.717) is 0 Å². The summed E-state index contributed by atoms with van der Waals surface area (Å²) < 4.78 is 0. The fraction of sp³-hybridized carbons (Fsp3) is 0.200. The molecule has 0 saturated heterocycles. The van der Waals surface area contributed by atoms with Gasteiger partial charge in [0.05, 0.1) is 10.5 Å². The van der Waals surface area contributed by atoms with Gasteiger partial charge in [-0.15, -0.1) is 0 Å². The van der Waals surface area contributed by atoms with Crippen molar-refractivity contribution < 1.29 is 9.72 Å². The molecule has 1 amide bonds. The van der Waals surface area contributed by atoms with Crippen LogP contribution in [0.3, 0.4) is 0 Å². The fourth-order valence-corrected chi connectivity index (χ4v) is 2.59. The lowest BCUT2D eigenvalue weighted by molar-refractivity contribution is -0.385. The zero-order valence-corrected chi connectivity index (χ0v) is 12.4. The third-order valence-corrected chi connectivity index (χ3v) is 3.83. The summed E-state index contributed by atoms with van der Waals surface area (Å²) in [7, 11) is 2.01. The van der Waals surface area contributed by atoms with E-state index >= 15 is 0 Å². The Kier molecular flexibility index (Phi) is 3.57. The molecule has 3 N–H and O–H groups in total. The highest BCUT2D eigenvalue weighted by atomic mass is 16.6. The van der Waals surface area contributed by atoms with Gasteiger partial charge in [-0.25, -0.2) is 4.98 Å². The Morgan fingerprint density at radius 1 is 1.43 bits per heavy atom. The summed E-state index contributed by atoms with van der Waals surface area (Å²) in [6.45, 7) is 0.959. The molecule has 23 heavy (non-hydrogen) atoms. The first kappa shape index (κ1) is 14.8. The average Bonchev–Trinajstić information content (AvgIpc) is 2.88. The molecule has 1 aliphatic rings. The highest BCUT2D eigenvalue weighted by Crippen LogP contribution is 2.31. The number of primary amides is 1.